The number of nitrogens with zero attached hydrogens (tertiary/aromatic N) is 1. The molecule has 0 saturated heterocycles. The van der Waals surface area contributed by atoms with Crippen LogP contribution in [0.1, 0.15) is 43.5 Å². The second kappa shape index (κ2) is 3.61. The molecule has 0 amide bonds. The van der Waals surface area contributed by atoms with Gasteiger partial charge in [0.05, 0.1) is 11.8 Å². The smallest absolute Gasteiger partial charge is 0.357 e. The Hall–Kier alpha value is -1.77. The highest BCUT2D eigenvalue weighted by Crippen LogP contribution is 2.30. The first-order valence-electron chi connectivity index (χ1n) is 6.28. The first kappa shape index (κ1) is 11.3. The number of fused-ring (bicyclic) bond motifs is 2. The number of rotatable bonds is 0. The third-order valence-corrected chi connectivity index (χ3v) is 3.46. The highest BCUT2D eigenvalue weighted by molar-refractivity contribution is 5.33. The minimum absolute atomic E-state index is 0.0643. The maximum Gasteiger partial charge on any atom is 0.357 e. The van der Waals surface area contributed by atoms with E-state index in [4.69, 9.17) is 4.42 Å². The maximum absolute atomic E-state index is 9.98. The summed E-state index contributed by atoms with van der Waals surface area (Å²) in [7, 11) is 0. The molecule has 0 bridgehead atoms. The zero-order chi connectivity index (χ0) is 12.9. The minimum Gasteiger partial charge on any atom is -0.476 e. The second-order valence-corrected chi connectivity index (χ2v) is 5.94. The predicted octanol–water partition coefficient (Wildman–Crippen LogP) is 2.52. The van der Waals surface area contributed by atoms with Crippen molar-refractivity contribution >= 4 is 0 Å². The fourth-order valence-corrected chi connectivity index (χ4v) is 2.57. The molecule has 0 radical (unpaired) electrons. The molecular formula is C15H18NO2+. The lowest BCUT2D eigenvalue weighted by Crippen LogP contribution is -2.46. The second-order valence-electron chi connectivity index (χ2n) is 5.94. The number of hydrogen-bond donors (Lipinski definition) is 1. The molecule has 3 nitrogen and oxygen atoms in total. The summed E-state index contributed by atoms with van der Waals surface area (Å²) < 4.78 is 7.69. The van der Waals surface area contributed by atoms with Crippen LogP contribution < -0.4 is 4.57 Å². The summed E-state index contributed by atoms with van der Waals surface area (Å²) >= 11 is 0. The van der Waals surface area contributed by atoms with Crippen molar-refractivity contribution in [1.29, 1.82) is 0 Å². The van der Waals surface area contributed by atoms with Gasteiger partial charge < -0.3 is 9.52 Å². The van der Waals surface area contributed by atoms with Crippen LogP contribution in [0.15, 0.2) is 28.7 Å². The summed E-state index contributed by atoms with van der Waals surface area (Å²) in [6, 6.07) is 8.35. The van der Waals surface area contributed by atoms with E-state index in [9.17, 15) is 5.11 Å². The van der Waals surface area contributed by atoms with Gasteiger partial charge >= 0.3 is 11.8 Å². The van der Waals surface area contributed by atoms with Crippen LogP contribution in [0.4, 0.5) is 0 Å². The van der Waals surface area contributed by atoms with Crippen molar-refractivity contribution in [3.63, 3.8) is 0 Å². The Morgan fingerprint density at radius 3 is 2.50 bits per heavy atom. The van der Waals surface area contributed by atoms with Crippen LogP contribution in [-0.2, 0) is 18.4 Å². The van der Waals surface area contributed by atoms with Gasteiger partial charge in [0, 0.05) is 5.56 Å². The average Bonchev–Trinajstić information content (AvgIpc) is 2.64. The Balaban J connectivity index is 2.15. The van der Waals surface area contributed by atoms with Gasteiger partial charge in [-0.1, -0.05) is 24.3 Å². The number of aromatic nitrogens is 1. The third-order valence-electron chi connectivity index (χ3n) is 3.46. The van der Waals surface area contributed by atoms with Gasteiger partial charge in [-0.3, -0.25) is 0 Å². The van der Waals surface area contributed by atoms with Gasteiger partial charge in [-0.2, -0.15) is 4.57 Å². The van der Waals surface area contributed by atoms with Gasteiger partial charge in [-0.25, -0.2) is 0 Å². The van der Waals surface area contributed by atoms with Crippen LogP contribution in [0.2, 0.25) is 0 Å². The van der Waals surface area contributed by atoms with Crippen LogP contribution in [0.5, 0.6) is 5.95 Å². The molecule has 1 N–H and O–H groups in total. The molecule has 2 heterocycles. The van der Waals surface area contributed by atoms with Crippen LogP contribution in [0.25, 0.3) is 0 Å². The fraction of sp³-hybridized carbons (Fsp3) is 0.400. The molecule has 0 unspecified atom stereocenters. The summed E-state index contributed by atoms with van der Waals surface area (Å²) in [5, 5.41) is 9.98. The normalized spacial score (nSPS) is 14.2. The highest BCUT2D eigenvalue weighted by Gasteiger charge is 2.39. The van der Waals surface area contributed by atoms with Gasteiger partial charge in [0.1, 0.15) is 0 Å². The SMILES string of the molecule is CC(C)(C)c1oc(O)c2[n+]1Cc1ccccc1C2. The van der Waals surface area contributed by atoms with E-state index in [1.54, 1.807) is 0 Å². The summed E-state index contributed by atoms with van der Waals surface area (Å²) in [6.45, 7) is 7.07. The topological polar surface area (TPSA) is 37.3 Å². The number of hydrogen-bond acceptors (Lipinski definition) is 2. The molecule has 1 aromatic carbocycles. The first-order chi connectivity index (χ1) is 8.47. The van der Waals surface area contributed by atoms with Crippen LogP contribution in [0, 0.1) is 0 Å². The van der Waals surface area contributed by atoms with Crippen LogP contribution in [0.3, 0.4) is 0 Å². The molecule has 0 atom stereocenters. The average molecular weight is 244 g/mol. The molecule has 1 aromatic heterocycles. The maximum atomic E-state index is 9.98. The molecule has 3 rings (SSSR count). The molecular weight excluding hydrogens is 226 g/mol. The Morgan fingerprint density at radius 2 is 1.83 bits per heavy atom. The summed E-state index contributed by atoms with van der Waals surface area (Å²) in [5.41, 5.74) is 3.36. The number of oxazole rings is 1. The van der Waals surface area contributed by atoms with Crippen LogP contribution >= 0.6 is 0 Å². The zero-order valence-electron chi connectivity index (χ0n) is 11.0. The molecule has 18 heavy (non-hydrogen) atoms. The van der Waals surface area contributed by atoms with Crippen molar-refractivity contribution in [3.8, 4) is 5.95 Å². The Morgan fingerprint density at radius 1 is 1.17 bits per heavy atom. The van der Waals surface area contributed by atoms with Crippen LogP contribution in [-0.4, -0.2) is 5.11 Å². The van der Waals surface area contributed by atoms with Crippen molar-refractivity contribution in [2.75, 3.05) is 0 Å². The van der Waals surface area contributed by atoms with Gasteiger partial charge in [-0.05, 0) is 26.3 Å². The van der Waals surface area contributed by atoms with Crippen molar-refractivity contribution in [1.82, 2.24) is 0 Å². The monoisotopic (exact) mass is 244 g/mol. The van der Waals surface area contributed by atoms with E-state index in [1.165, 1.54) is 11.1 Å². The molecule has 0 spiro atoms. The lowest BCUT2D eigenvalue weighted by molar-refractivity contribution is -0.711. The van der Waals surface area contributed by atoms with E-state index in [0.29, 0.717) is 0 Å². The van der Waals surface area contributed by atoms with E-state index in [2.05, 4.69) is 43.5 Å². The van der Waals surface area contributed by atoms with Gasteiger partial charge in [0.25, 0.3) is 5.69 Å². The predicted molar refractivity (Wildman–Crippen MR) is 67.6 cm³/mol. The van der Waals surface area contributed by atoms with Crippen molar-refractivity contribution < 1.29 is 14.1 Å². The Bertz CT molecular complexity index is 605. The quantitative estimate of drug-likeness (QED) is 0.617. The number of benzene rings is 1. The van der Waals surface area contributed by atoms with Crippen molar-refractivity contribution in [2.45, 2.75) is 39.2 Å². The molecule has 0 fully saturated rings. The van der Waals surface area contributed by atoms with E-state index in [1.807, 2.05) is 6.07 Å². The lowest BCUT2D eigenvalue weighted by Gasteiger charge is -2.15. The van der Waals surface area contributed by atoms with Gasteiger partial charge in [0.2, 0.25) is 0 Å². The standard InChI is InChI=1S/C15H17NO2/c1-15(2,3)14-16-9-11-7-5-4-6-10(11)8-12(16)13(17)18-14/h4-7H,8-9H2,1-3H3/p+1. The molecule has 0 saturated carbocycles. The van der Waals surface area contributed by atoms with Gasteiger partial charge in [0.15, 0.2) is 6.54 Å². The number of aromatic hydroxyl groups is 1. The lowest BCUT2D eigenvalue weighted by atomic mass is 9.94. The highest BCUT2D eigenvalue weighted by atomic mass is 16.5. The summed E-state index contributed by atoms with van der Waals surface area (Å²) in [6.07, 6.45) is 0.738. The van der Waals surface area contributed by atoms with Gasteiger partial charge in [-0.15, -0.1) is 0 Å². The zero-order valence-corrected chi connectivity index (χ0v) is 11.0. The molecule has 94 valence electrons. The molecule has 1 aliphatic heterocycles. The van der Waals surface area contributed by atoms with Crippen molar-refractivity contribution in [3.05, 3.63) is 47.0 Å². The molecule has 0 aliphatic carbocycles. The minimum atomic E-state index is -0.109. The largest absolute Gasteiger partial charge is 0.476 e. The van der Waals surface area contributed by atoms with E-state index >= 15 is 0 Å². The van der Waals surface area contributed by atoms with E-state index < -0.39 is 0 Å². The molecule has 2 aromatic rings. The summed E-state index contributed by atoms with van der Waals surface area (Å²) in [4.78, 5) is 0. The van der Waals surface area contributed by atoms with Crippen molar-refractivity contribution in [2.24, 2.45) is 0 Å². The molecule has 1 aliphatic rings. The Kier molecular flexibility index (Phi) is 2.27. The Labute approximate surface area is 107 Å². The molecule has 3 heteroatoms. The van der Waals surface area contributed by atoms with E-state index in [-0.39, 0.29) is 11.4 Å². The summed E-state index contributed by atoms with van der Waals surface area (Å²) in [5.74, 6) is 0.902. The first-order valence-corrected chi connectivity index (χ1v) is 6.28. The fourth-order valence-electron chi connectivity index (χ4n) is 2.57. The van der Waals surface area contributed by atoms with E-state index in [0.717, 1.165) is 24.6 Å². The third kappa shape index (κ3) is 1.62.